The van der Waals surface area contributed by atoms with Crippen molar-refractivity contribution in [2.75, 3.05) is 27.3 Å². The maximum atomic E-state index is 11.0. The molecule has 0 fully saturated rings. The zero-order valence-corrected chi connectivity index (χ0v) is 8.71. The Morgan fingerprint density at radius 3 is 2.69 bits per heavy atom. The maximum Gasteiger partial charge on any atom is 0.305 e. The van der Waals surface area contributed by atoms with E-state index < -0.39 is 0 Å². The van der Waals surface area contributed by atoms with Gasteiger partial charge < -0.3 is 9.57 Å². The molecule has 0 aromatic rings. The lowest BCUT2D eigenvalue weighted by atomic mass is 10.3. The molecule has 0 bridgehead atoms. The van der Waals surface area contributed by atoms with E-state index in [0.29, 0.717) is 13.0 Å². The predicted octanol–water partition coefficient (Wildman–Crippen LogP) is 1.21. The first-order valence-corrected chi connectivity index (χ1v) is 4.61. The van der Waals surface area contributed by atoms with Crippen molar-refractivity contribution in [1.82, 2.24) is 5.06 Å². The van der Waals surface area contributed by atoms with Gasteiger partial charge in [-0.25, -0.2) is 0 Å². The molecule has 0 saturated carbocycles. The number of rotatable bonds is 7. The second kappa shape index (κ2) is 8.01. The Balaban J connectivity index is 3.26. The second-order valence-electron chi connectivity index (χ2n) is 2.86. The summed E-state index contributed by atoms with van der Waals surface area (Å²) in [4.78, 5) is 15.9. The summed E-state index contributed by atoms with van der Waals surface area (Å²) in [6.07, 6.45) is 2.12. The van der Waals surface area contributed by atoms with Gasteiger partial charge >= 0.3 is 5.97 Å². The second-order valence-corrected chi connectivity index (χ2v) is 2.86. The van der Waals surface area contributed by atoms with Crippen molar-refractivity contribution in [2.24, 2.45) is 0 Å². The van der Waals surface area contributed by atoms with E-state index >= 15 is 0 Å². The molecule has 0 amide bonds. The van der Waals surface area contributed by atoms with E-state index in [2.05, 4.69) is 0 Å². The van der Waals surface area contributed by atoms with E-state index in [1.165, 1.54) is 0 Å². The number of hydrogen-bond donors (Lipinski definition) is 0. The lowest BCUT2D eigenvalue weighted by molar-refractivity contribution is -0.145. The summed E-state index contributed by atoms with van der Waals surface area (Å²) in [7, 11) is 3.44. The van der Waals surface area contributed by atoms with Gasteiger partial charge in [-0.3, -0.25) is 4.79 Å². The molecule has 0 aliphatic rings. The maximum absolute atomic E-state index is 11.0. The quantitative estimate of drug-likeness (QED) is 0.446. The molecule has 0 saturated heterocycles. The first kappa shape index (κ1) is 12.4. The molecule has 4 nitrogen and oxygen atoms in total. The molecule has 0 aliphatic heterocycles. The van der Waals surface area contributed by atoms with Crippen LogP contribution in [0.15, 0.2) is 0 Å². The molecule has 0 heterocycles. The highest BCUT2D eigenvalue weighted by Gasteiger charge is 2.02. The molecule has 0 atom stereocenters. The highest BCUT2D eigenvalue weighted by molar-refractivity contribution is 5.69. The summed E-state index contributed by atoms with van der Waals surface area (Å²) in [6, 6.07) is 0. The average Bonchev–Trinajstić information content (AvgIpc) is 2.14. The van der Waals surface area contributed by atoms with Crippen molar-refractivity contribution >= 4 is 5.97 Å². The number of carbonyl (C=O) groups is 1. The van der Waals surface area contributed by atoms with E-state index in [-0.39, 0.29) is 5.97 Å². The van der Waals surface area contributed by atoms with Crippen LogP contribution in [0.4, 0.5) is 0 Å². The minimum absolute atomic E-state index is 0.119. The zero-order chi connectivity index (χ0) is 10.1. The molecule has 4 heteroatoms. The normalized spacial score (nSPS) is 10.5. The predicted molar refractivity (Wildman–Crippen MR) is 50.1 cm³/mol. The Morgan fingerprint density at radius 1 is 1.46 bits per heavy atom. The molecule has 0 unspecified atom stereocenters. The molecule has 0 aliphatic carbocycles. The first-order chi connectivity index (χ1) is 6.20. The van der Waals surface area contributed by atoms with Crippen molar-refractivity contribution in [3.8, 4) is 0 Å². The Bertz CT molecular complexity index is 139. The van der Waals surface area contributed by atoms with E-state index in [4.69, 9.17) is 9.57 Å². The Morgan fingerprint density at radius 2 is 2.15 bits per heavy atom. The van der Waals surface area contributed by atoms with Crippen molar-refractivity contribution < 1.29 is 14.4 Å². The Labute approximate surface area is 79.8 Å². The van der Waals surface area contributed by atoms with Gasteiger partial charge in [0.05, 0.1) is 13.7 Å². The van der Waals surface area contributed by atoms with Gasteiger partial charge in [-0.1, -0.05) is 6.92 Å². The molecule has 0 aromatic carbocycles. The highest BCUT2D eigenvalue weighted by atomic mass is 16.7. The molecular formula is C9H19NO3. The summed E-state index contributed by atoms with van der Waals surface area (Å²) < 4.78 is 4.91. The molecule has 0 N–H and O–H groups in total. The topological polar surface area (TPSA) is 38.8 Å². The van der Waals surface area contributed by atoms with E-state index in [0.717, 1.165) is 19.4 Å². The van der Waals surface area contributed by atoms with Gasteiger partial charge in [0.25, 0.3) is 0 Å². The lowest BCUT2D eigenvalue weighted by Crippen LogP contribution is -2.19. The van der Waals surface area contributed by atoms with Crippen LogP contribution in [0.3, 0.4) is 0 Å². The van der Waals surface area contributed by atoms with Crippen LogP contribution >= 0.6 is 0 Å². The van der Waals surface area contributed by atoms with Crippen LogP contribution in [-0.2, 0) is 14.4 Å². The number of ether oxygens (including phenoxy) is 1. The number of nitrogens with zero attached hydrogens (tertiary/aromatic N) is 1. The molecule has 78 valence electrons. The first-order valence-electron chi connectivity index (χ1n) is 4.61. The van der Waals surface area contributed by atoms with Gasteiger partial charge in [-0.2, -0.15) is 5.06 Å². The minimum Gasteiger partial charge on any atom is -0.466 e. The van der Waals surface area contributed by atoms with Crippen LogP contribution in [0, 0.1) is 0 Å². The fraction of sp³-hybridized carbons (Fsp3) is 0.889. The van der Waals surface area contributed by atoms with Gasteiger partial charge in [-0.15, -0.1) is 0 Å². The largest absolute Gasteiger partial charge is 0.466 e. The Kier molecular flexibility index (Phi) is 7.63. The zero-order valence-electron chi connectivity index (χ0n) is 8.71. The minimum atomic E-state index is -0.119. The van der Waals surface area contributed by atoms with Crippen LogP contribution in [0.25, 0.3) is 0 Å². The summed E-state index contributed by atoms with van der Waals surface area (Å²) in [5, 5.41) is 1.69. The van der Waals surface area contributed by atoms with E-state index in [1.54, 1.807) is 12.2 Å². The van der Waals surface area contributed by atoms with E-state index in [9.17, 15) is 4.79 Å². The van der Waals surface area contributed by atoms with Gasteiger partial charge in [0.15, 0.2) is 0 Å². The average molecular weight is 189 g/mol. The van der Waals surface area contributed by atoms with Crippen LogP contribution in [-0.4, -0.2) is 38.3 Å². The molecule has 0 radical (unpaired) electrons. The standard InChI is InChI=1S/C9H19NO3/c1-4-8-13-9(11)6-5-7-10(2)12-3/h4-8H2,1-3H3. The van der Waals surface area contributed by atoms with Crippen molar-refractivity contribution in [3.05, 3.63) is 0 Å². The molecule has 0 aromatic heterocycles. The third kappa shape index (κ3) is 7.74. The van der Waals surface area contributed by atoms with Crippen LogP contribution in [0.5, 0.6) is 0 Å². The lowest BCUT2D eigenvalue weighted by Gasteiger charge is -2.12. The summed E-state index contributed by atoms with van der Waals surface area (Å²) in [5.74, 6) is -0.119. The van der Waals surface area contributed by atoms with Gasteiger partial charge in [0.1, 0.15) is 0 Å². The summed E-state index contributed by atoms with van der Waals surface area (Å²) in [6.45, 7) is 3.25. The van der Waals surface area contributed by atoms with E-state index in [1.807, 2.05) is 14.0 Å². The van der Waals surface area contributed by atoms with Gasteiger partial charge in [0.2, 0.25) is 0 Å². The molecule has 0 rings (SSSR count). The van der Waals surface area contributed by atoms with Crippen LogP contribution < -0.4 is 0 Å². The number of hydroxylamine groups is 2. The van der Waals surface area contributed by atoms with Crippen molar-refractivity contribution in [1.29, 1.82) is 0 Å². The summed E-state index contributed by atoms with van der Waals surface area (Å²) in [5.41, 5.74) is 0. The van der Waals surface area contributed by atoms with Gasteiger partial charge in [-0.05, 0) is 12.8 Å². The third-order valence-electron chi connectivity index (χ3n) is 1.63. The van der Waals surface area contributed by atoms with Gasteiger partial charge in [0, 0.05) is 20.0 Å². The van der Waals surface area contributed by atoms with Crippen LogP contribution in [0.1, 0.15) is 26.2 Å². The number of hydrogen-bond acceptors (Lipinski definition) is 4. The molecule has 0 spiro atoms. The number of carbonyl (C=O) groups excluding carboxylic acids is 1. The highest BCUT2D eigenvalue weighted by Crippen LogP contribution is 1.96. The summed E-state index contributed by atoms with van der Waals surface area (Å²) >= 11 is 0. The third-order valence-corrected chi connectivity index (χ3v) is 1.63. The van der Waals surface area contributed by atoms with Crippen LogP contribution in [0.2, 0.25) is 0 Å². The van der Waals surface area contributed by atoms with Crippen molar-refractivity contribution in [2.45, 2.75) is 26.2 Å². The number of esters is 1. The Hall–Kier alpha value is -0.610. The fourth-order valence-corrected chi connectivity index (χ4v) is 0.825. The van der Waals surface area contributed by atoms with Crippen molar-refractivity contribution in [3.63, 3.8) is 0 Å². The molecule has 13 heavy (non-hydrogen) atoms. The fourth-order valence-electron chi connectivity index (χ4n) is 0.825. The monoisotopic (exact) mass is 189 g/mol. The molecular weight excluding hydrogens is 170 g/mol. The smallest absolute Gasteiger partial charge is 0.305 e. The SMILES string of the molecule is CCCOC(=O)CCCN(C)OC.